The molecular weight excluding hydrogens is 258 g/mol. The summed E-state index contributed by atoms with van der Waals surface area (Å²) in [6, 6.07) is 11.9. The van der Waals surface area contributed by atoms with Crippen molar-refractivity contribution in [2.24, 2.45) is 0 Å². The van der Waals surface area contributed by atoms with E-state index in [0.717, 1.165) is 16.3 Å². The smallest absolute Gasteiger partial charge is 0.123 e. The zero-order valence-electron chi connectivity index (χ0n) is 11.5. The lowest BCUT2D eigenvalue weighted by Gasteiger charge is -2.14. The van der Waals surface area contributed by atoms with Crippen LogP contribution >= 0.6 is 11.6 Å². The lowest BCUT2D eigenvalue weighted by atomic mass is 10.1. The van der Waals surface area contributed by atoms with Crippen LogP contribution in [0.2, 0.25) is 5.02 Å². The molecule has 2 nitrogen and oxygen atoms in total. The van der Waals surface area contributed by atoms with Crippen LogP contribution in [0, 0.1) is 13.8 Å². The van der Waals surface area contributed by atoms with Crippen molar-refractivity contribution in [2.45, 2.75) is 20.4 Å². The van der Waals surface area contributed by atoms with Crippen LogP contribution < -0.4 is 10.1 Å². The van der Waals surface area contributed by atoms with Crippen molar-refractivity contribution in [3.63, 3.8) is 0 Å². The average molecular weight is 276 g/mol. The topological polar surface area (TPSA) is 21.3 Å². The number of aryl methyl sites for hydroxylation is 2. The highest BCUT2D eigenvalue weighted by molar-refractivity contribution is 6.30. The van der Waals surface area contributed by atoms with Crippen molar-refractivity contribution in [1.29, 1.82) is 0 Å². The number of hydrogen-bond donors (Lipinski definition) is 1. The second-order valence-corrected chi connectivity index (χ2v) is 5.01. The van der Waals surface area contributed by atoms with Gasteiger partial charge in [0.15, 0.2) is 0 Å². The summed E-state index contributed by atoms with van der Waals surface area (Å²) in [7, 11) is 1.67. The summed E-state index contributed by atoms with van der Waals surface area (Å²) >= 11 is 6.03. The van der Waals surface area contributed by atoms with E-state index in [-0.39, 0.29) is 0 Å². The highest BCUT2D eigenvalue weighted by Crippen LogP contribution is 2.25. The van der Waals surface area contributed by atoms with E-state index in [0.29, 0.717) is 6.54 Å². The first-order chi connectivity index (χ1) is 9.11. The quantitative estimate of drug-likeness (QED) is 0.882. The largest absolute Gasteiger partial charge is 0.496 e. The molecule has 0 spiro atoms. The second-order valence-electron chi connectivity index (χ2n) is 4.58. The Balaban J connectivity index is 2.21. The van der Waals surface area contributed by atoms with Crippen LogP contribution in [-0.4, -0.2) is 7.11 Å². The van der Waals surface area contributed by atoms with Gasteiger partial charge in [-0.3, -0.25) is 0 Å². The van der Waals surface area contributed by atoms with Crippen LogP contribution in [0.15, 0.2) is 36.4 Å². The first kappa shape index (κ1) is 13.8. The van der Waals surface area contributed by atoms with Gasteiger partial charge in [0.2, 0.25) is 0 Å². The van der Waals surface area contributed by atoms with Crippen LogP contribution in [-0.2, 0) is 6.54 Å². The van der Waals surface area contributed by atoms with Crippen molar-refractivity contribution in [3.05, 3.63) is 58.1 Å². The molecule has 100 valence electrons. The Morgan fingerprint density at radius 2 is 1.79 bits per heavy atom. The highest BCUT2D eigenvalue weighted by atomic mass is 35.5. The minimum absolute atomic E-state index is 0.690. The fourth-order valence-corrected chi connectivity index (χ4v) is 2.36. The van der Waals surface area contributed by atoms with E-state index in [4.69, 9.17) is 16.3 Å². The van der Waals surface area contributed by atoms with Crippen molar-refractivity contribution < 1.29 is 4.74 Å². The van der Waals surface area contributed by atoms with Crippen molar-refractivity contribution in [3.8, 4) is 5.75 Å². The number of halogens is 1. The van der Waals surface area contributed by atoms with Gasteiger partial charge in [-0.1, -0.05) is 29.8 Å². The maximum Gasteiger partial charge on any atom is 0.123 e. The molecule has 0 radical (unpaired) electrons. The van der Waals surface area contributed by atoms with Crippen LogP contribution in [0.25, 0.3) is 0 Å². The normalized spacial score (nSPS) is 10.3. The molecular formula is C16H18ClNO. The van der Waals surface area contributed by atoms with Crippen molar-refractivity contribution >= 4 is 17.3 Å². The van der Waals surface area contributed by atoms with E-state index in [9.17, 15) is 0 Å². The molecule has 0 fully saturated rings. The number of para-hydroxylation sites is 1. The minimum atomic E-state index is 0.690. The molecule has 0 aliphatic heterocycles. The third-order valence-corrected chi connectivity index (χ3v) is 3.41. The van der Waals surface area contributed by atoms with Gasteiger partial charge in [0.05, 0.1) is 7.11 Å². The van der Waals surface area contributed by atoms with E-state index < -0.39 is 0 Å². The Bertz CT molecular complexity index is 561. The zero-order valence-corrected chi connectivity index (χ0v) is 12.2. The molecule has 2 aromatic carbocycles. The fraction of sp³-hybridized carbons (Fsp3) is 0.250. The molecule has 0 amide bonds. The summed E-state index contributed by atoms with van der Waals surface area (Å²) in [6.45, 7) is 4.89. The van der Waals surface area contributed by atoms with Gasteiger partial charge in [0, 0.05) is 22.8 Å². The molecule has 0 atom stereocenters. The lowest BCUT2D eigenvalue weighted by Crippen LogP contribution is -2.04. The number of benzene rings is 2. The molecule has 0 aliphatic rings. The Morgan fingerprint density at radius 1 is 1.11 bits per heavy atom. The summed E-state index contributed by atoms with van der Waals surface area (Å²) in [5.74, 6) is 0.850. The van der Waals surface area contributed by atoms with Crippen molar-refractivity contribution in [1.82, 2.24) is 0 Å². The lowest BCUT2D eigenvalue weighted by molar-refractivity contribution is 0.410. The number of rotatable bonds is 4. The number of anilines is 1. The van der Waals surface area contributed by atoms with Gasteiger partial charge in [0.25, 0.3) is 0 Å². The second kappa shape index (κ2) is 5.98. The van der Waals surface area contributed by atoms with Crippen LogP contribution in [0.4, 0.5) is 5.69 Å². The standard InChI is InChI=1S/C16H18ClNO/c1-11-5-4-6-12(2)16(11)18-10-13-9-14(17)7-8-15(13)19-3/h4-9,18H,10H2,1-3H3. The number of methoxy groups -OCH3 is 1. The van der Waals surface area contributed by atoms with Gasteiger partial charge in [-0.25, -0.2) is 0 Å². The van der Waals surface area contributed by atoms with Crippen LogP contribution in [0.1, 0.15) is 16.7 Å². The molecule has 0 saturated heterocycles. The van der Waals surface area contributed by atoms with Gasteiger partial charge in [-0.2, -0.15) is 0 Å². The van der Waals surface area contributed by atoms with Gasteiger partial charge < -0.3 is 10.1 Å². The van der Waals surface area contributed by atoms with E-state index in [1.54, 1.807) is 7.11 Å². The number of nitrogens with one attached hydrogen (secondary N) is 1. The predicted octanol–water partition coefficient (Wildman–Crippen LogP) is 4.58. The molecule has 1 N–H and O–H groups in total. The molecule has 0 aliphatic carbocycles. The third kappa shape index (κ3) is 3.21. The van der Waals surface area contributed by atoms with E-state index in [1.165, 1.54) is 16.8 Å². The third-order valence-electron chi connectivity index (χ3n) is 3.18. The fourth-order valence-electron chi connectivity index (χ4n) is 2.16. The molecule has 0 aromatic heterocycles. The summed E-state index contributed by atoms with van der Waals surface area (Å²) in [5.41, 5.74) is 4.70. The van der Waals surface area contributed by atoms with E-state index in [1.807, 2.05) is 18.2 Å². The Hall–Kier alpha value is -1.67. The van der Waals surface area contributed by atoms with Gasteiger partial charge in [-0.05, 0) is 43.2 Å². The highest BCUT2D eigenvalue weighted by Gasteiger charge is 2.06. The van der Waals surface area contributed by atoms with Gasteiger partial charge in [-0.15, -0.1) is 0 Å². The first-order valence-electron chi connectivity index (χ1n) is 6.24. The molecule has 0 bridgehead atoms. The Labute approximate surface area is 119 Å². The number of ether oxygens (including phenoxy) is 1. The van der Waals surface area contributed by atoms with E-state index >= 15 is 0 Å². The first-order valence-corrected chi connectivity index (χ1v) is 6.62. The summed E-state index contributed by atoms with van der Waals surface area (Å²) in [6.07, 6.45) is 0. The van der Waals surface area contributed by atoms with Crippen LogP contribution in [0.5, 0.6) is 5.75 Å². The number of hydrogen-bond acceptors (Lipinski definition) is 2. The minimum Gasteiger partial charge on any atom is -0.496 e. The van der Waals surface area contributed by atoms with Gasteiger partial charge >= 0.3 is 0 Å². The SMILES string of the molecule is COc1ccc(Cl)cc1CNc1c(C)cccc1C. The molecule has 2 rings (SSSR count). The maximum atomic E-state index is 6.03. The summed E-state index contributed by atoms with van der Waals surface area (Å²) in [4.78, 5) is 0. The van der Waals surface area contributed by atoms with Crippen LogP contribution in [0.3, 0.4) is 0 Å². The maximum absolute atomic E-state index is 6.03. The summed E-state index contributed by atoms with van der Waals surface area (Å²) in [5, 5.41) is 4.18. The molecule has 3 heteroatoms. The molecule has 0 unspecified atom stereocenters. The molecule has 19 heavy (non-hydrogen) atoms. The monoisotopic (exact) mass is 275 g/mol. The molecule has 2 aromatic rings. The molecule has 0 saturated carbocycles. The summed E-state index contributed by atoms with van der Waals surface area (Å²) < 4.78 is 5.35. The molecule has 0 heterocycles. The van der Waals surface area contributed by atoms with Crippen molar-refractivity contribution in [2.75, 3.05) is 12.4 Å². The Morgan fingerprint density at radius 3 is 2.42 bits per heavy atom. The average Bonchev–Trinajstić information content (AvgIpc) is 2.38. The van der Waals surface area contributed by atoms with E-state index in [2.05, 4.69) is 37.4 Å². The zero-order chi connectivity index (χ0) is 13.8. The van der Waals surface area contributed by atoms with Gasteiger partial charge in [0.1, 0.15) is 5.75 Å². The predicted molar refractivity (Wildman–Crippen MR) is 81.2 cm³/mol. The Kier molecular flexibility index (Phi) is 4.33.